The van der Waals surface area contributed by atoms with Crippen molar-refractivity contribution in [3.05, 3.63) is 35.4 Å². The van der Waals surface area contributed by atoms with E-state index in [2.05, 4.69) is 5.32 Å². The van der Waals surface area contributed by atoms with Gasteiger partial charge in [0.15, 0.2) is 0 Å². The van der Waals surface area contributed by atoms with E-state index >= 15 is 0 Å². The van der Waals surface area contributed by atoms with Gasteiger partial charge >= 0.3 is 0 Å². The van der Waals surface area contributed by atoms with E-state index in [1.54, 1.807) is 0 Å². The van der Waals surface area contributed by atoms with Crippen molar-refractivity contribution in [3.63, 3.8) is 0 Å². The number of carbonyl (C=O) groups excluding carboxylic acids is 1. The zero-order valence-corrected chi connectivity index (χ0v) is 16.2. The lowest BCUT2D eigenvalue weighted by Gasteiger charge is -2.34. The normalized spacial score (nSPS) is 19.1. The zero-order chi connectivity index (χ0) is 18.4. The van der Waals surface area contributed by atoms with E-state index < -0.39 is 10.2 Å². The summed E-state index contributed by atoms with van der Waals surface area (Å²) < 4.78 is 28.2. The molecule has 6 nitrogen and oxygen atoms in total. The van der Waals surface area contributed by atoms with Crippen molar-refractivity contribution >= 4 is 16.1 Å². The van der Waals surface area contributed by atoms with Crippen LogP contribution in [0.5, 0.6) is 0 Å². The first kappa shape index (κ1) is 19.9. The minimum Gasteiger partial charge on any atom is -0.352 e. The highest BCUT2D eigenvalue weighted by Gasteiger charge is 2.34. The van der Waals surface area contributed by atoms with Crippen LogP contribution < -0.4 is 5.32 Å². The number of amides is 1. The van der Waals surface area contributed by atoms with Gasteiger partial charge in [0.05, 0.1) is 5.92 Å². The Morgan fingerprint density at radius 1 is 1.24 bits per heavy atom. The number of hydrogen-bond acceptors (Lipinski definition) is 3. The Morgan fingerprint density at radius 3 is 2.48 bits per heavy atom. The van der Waals surface area contributed by atoms with E-state index in [9.17, 15) is 13.2 Å². The Labute approximate surface area is 151 Å². The number of hydrogen-bond donors (Lipinski definition) is 1. The lowest BCUT2D eigenvalue weighted by molar-refractivity contribution is -0.126. The molecule has 1 aliphatic heterocycles. The molecule has 1 saturated heterocycles. The average molecular weight is 368 g/mol. The Kier molecular flexibility index (Phi) is 6.98. The van der Waals surface area contributed by atoms with E-state index in [-0.39, 0.29) is 18.4 Å². The third-order valence-corrected chi connectivity index (χ3v) is 6.85. The molecule has 0 saturated carbocycles. The lowest BCUT2D eigenvalue weighted by Crippen LogP contribution is -2.50. The molecule has 1 N–H and O–H groups in total. The minimum atomic E-state index is -3.48. The maximum absolute atomic E-state index is 12.6. The summed E-state index contributed by atoms with van der Waals surface area (Å²) in [4.78, 5) is 12.5. The van der Waals surface area contributed by atoms with Gasteiger partial charge in [0.1, 0.15) is 0 Å². The highest BCUT2D eigenvalue weighted by molar-refractivity contribution is 7.86. The van der Waals surface area contributed by atoms with Crippen molar-refractivity contribution in [1.29, 1.82) is 0 Å². The summed E-state index contributed by atoms with van der Waals surface area (Å²) >= 11 is 0. The van der Waals surface area contributed by atoms with Crippen LogP contribution in [-0.2, 0) is 21.5 Å². The van der Waals surface area contributed by atoms with Crippen molar-refractivity contribution < 1.29 is 13.2 Å². The molecule has 0 unspecified atom stereocenters. The van der Waals surface area contributed by atoms with E-state index in [1.807, 2.05) is 45.0 Å². The van der Waals surface area contributed by atoms with Gasteiger partial charge in [-0.2, -0.15) is 17.0 Å². The summed E-state index contributed by atoms with van der Waals surface area (Å²) in [7, 11) is -3.48. The van der Waals surface area contributed by atoms with Crippen molar-refractivity contribution in [2.45, 2.75) is 40.2 Å². The smallest absolute Gasteiger partial charge is 0.281 e. The van der Waals surface area contributed by atoms with Crippen molar-refractivity contribution in [2.24, 2.45) is 5.92 Å². The van der Waals surface area contributed by atoms with Crippen molar-refractivity contribution in [3.8, 4) is 0 Å². The SMILES string of the molecule is CCN(CC)S(=O)(=O)N1CCC[C@H](C(=O)NCc2ccc(C)cc2)C1. The highest BCUT2D eigenvalue weighted by atomic mass is 32.2. The fraction of sp³-hybridized carbons (Fsp3) is 0.611. The molecule has 7 heteroatoms. The first-order valence-corrected chi connectivity index (χ1v) is 10.4. The topological polar surface area (TPSA) is 69.7 Å². The van der Waals surface area contributed by atoms with E-state index in [0.29, 0.717) is 32.6 Å². The standard InChI is InChI=1S/C18H29N3O3S/c1-4-20(5-2)25(23,24)21-12-6-7-17(14-21)18(22)19-13-16-10-8-15(3)9-11-16/h8-11,17H,4-7,12-14H2,1-3H3,(H,19,22)/t17-/m0/s1. The van der Waals surface area contributed by atoms with Crippen LogP contribution in [0.4, 0.5) is 0 Å². The number of piperidine rings is 1. The number of rotatable bonds is 7. The third-order valence-electron chi connectivity index (χ3n) is 4.70. The molecule has 1 atom stereocenters. The molecular weight excluding hydrogens is 338 g/mol. The van der Waals surface area contributed by atoms with Crippen molar-refractivity contribution in [2.75, 3.05) is 26.2 Å². The van der Waals surface area contributed by atoms with Gasteiger partial charge in [0, 0.05) is 32.7 Å². The van der Waals surface area contributed by atoms with E-state index in [4.69, 9.17) is 0 Å². The summed E-state index contributed by atoms with van der Waals surface area (Å²) in [5, 5.41) is 2.94. The first-order chi connectivity index (χ1) is 11.9. The van der Waals surface area contributed by atoms with Gasteiger partial charge < -0.3 is 5.32 Å². The van der Waals surface area contributed by atoms with Gasteiger partial charge in [-0.1, -0.05) is 43.7 Å². The quantitative estimate of drug-likeness (QED) is 0.800. The fourth-order valence-corrected chi connectivity index (χ4v) is 4.83. The van der Waals surface area contributed by atoms with Gasteiger partial charge in [-0.15, -0.1) is 0 Å². The average Bonchev–Trinajstić information content (AvgIpc) is 2.62. The van der Waals surface area contributed by atoms with E-state index in [0.717, 1.165) is 12.0 Å². The largest absolute Gasteiger partial charge is 0.352 e. The van der Waals surface area contributed by atoms with Crippen LogP contribution in [0.25, 0.3) is 0 Å². The first-order valence-electron chi connectivity index (χ1n) is 8.97. The summed E-state index contributed by atoms with van der Waals surface area (Å²) in [5.41, 5.74) is 2.22. The summed E-state index contributed by atoms with van der Waals surface area (Å²) in [6.07, 6.45) is 1.44. The molecule has 1 aromatic rings. The van der Waals surface area contributed by atoms with Crippen LogP contribution in [0.15, 0.2) is 24.3 Å². The van der Waals surface area contributed by atoms with Gasteiger partial charge in [-0.25, -0.2) is 0 Å². The predicted molar refractivity (Wildman–Crippen MR) is 99.2 cm³/mol. The summed E-state index contributed by atoms with van der Waals surface area (Å²) in [6, 6.07) is 8.02. The van der Waals surface area contributed by atoms with Crippen LogP contribution in [0, 0.1) is 12.8 Å². The maximum Gasteiger partial charge on any atom is 0.281 e. The second-order valence-electron chi connectivity index (χ2n) is 6.49. The van der Waals surface area contributed by atoms with Gasteiger partial charge in [0.25, 0.3) is 10.2 Å². The molecule has 1 heterocycles. The Balaban J connectivity index is 1.95. The van der Waals surface area contributed by atoms with Gasteiger partial charge in [0.2, 0.25) is 5.91 Å². The summed E-state index contributed by atoms with van der Waals surface area (Å²) in [6.45, 7) is 7.79. The second kappa shape index (κ2) is 8.78. The molecular formula is C18H29N3O3S. The van der Waals surface area contributed by atoms with Gasteiger partial charge in [-0.3, -0.25) is 4.79 Å². The number of nitrogens with one attached hydrogen (secondary N) is 1. The Bertz CT molecular complexity index is 669. The molecule has 25 heavy (non-hydrogen) atoms. The van der Waals surface area contributed by atoms with Crippen LogP contribution in [0.3, 0.4) is 0 Å². The predicted octanol–water partition coefficient (Wildman–Crippen LogP) is 1.91. The molecule has 2 rings (SSSR count). The molecule has 0 aliphatic carbocycles. The monoisotopic (exact) mass is 367 g/mol. The number of benzene rings is 1. The molecule has 140 valence electrons. The molecule has 0 aromatic heterocycles. The Morgan fingerprint density at radius 2 is 1.88 bits per heavy atom. The third kappa shape index (κ3) is 5.03. The number of carbonyl (C=O) groups is 1. The summed E-state index contributed by atoms with van der Waals surface area (Å²) in [5.74, 6) is -0.357. The molecule has 1 aromatic carbocycles. The molecule has 0 bridgehead atoms. The Hall–Kier alpha value is -1.44. The van der Waals surface area contributed by atoms with Gasteiger partial charge in [-0.05, 0) is 25.3 Å². The van der Waals surface area contributed by atoms with Crippen LogP contribution >= 0.6 is 0 Å². The van der Waals surface area contributed by atoms with Crippen LogP contribution in [0.2, 0.25) is 0 Å². The lowest BCUT2D eigenvalue weighted by atomic mass is 9.98. The fourth-order valence-electron chi connectivity index (χ4n) is 3.12. The maximum atomic E-state index is 12.6. The van der Waals surface area contributed by atoms with Crippen LogP contribution in [0.1, 0.15) is 37.8 Å². The van der Waals surface area contributed by atoms with Crippen LogP contribution in [-0.4, -0.2) is 49.1 Å². The molecule has 1 amide bonds. The molecule has 1 aliphatic rings. The highest BCUT2D eigenvalue weighted by Crippen LogP contribution is 2.21. The van der Waals surface area contributed by atoms with Crippen molar-refractivity contribution in [1.82, 2.24) is 13.9 Å². The molecule has 0 spiro atoms. The number of nitrogens with zero attached hydrogens (tertiary/aromatic N) is 2. The second-order valence-corrected chi connectivity index (χ2v) is 8.42. The van der Waals surface area contributed by atoms with E-state index in [1.165, 1.54) is 14.2 Å². The zero-order valence-electron chi connectivity index (χ0n) is 15.4. The minimum absolute atomic E-state index is 0.0694. The molecule has 1 fully saturated rings. The molecule has 0 radical (unpaired) electrons. The number of aryl methyl sites for hydroxylation is 1.